The van der Waals surface area contributed by atoms with Gasteiger partial charge in [-0.1, -0.05) is 44.5 Å². The average molecular weight is 397 g/mol. The molecule has 3 aromatic rings. The summed E-state index contributed by atoms with van der Waals surface area (Å²) in [6.07, 6.45) is 4.89. The van der Waals surface area contributed by atoms with E-state index in [2.05, 4.69) is 24.1 Å². The van der Waals surface area contributed by atoms with E-state index in [-0.39, 0.29) is 5.91 Å². The Labute approximate surface area is 170 Å². The van der Waals surface area contributed by atoms with Crippen molar-refractivity contribution in [2.45, 2.75) is 40.2 Å². The van der Waals surface area contributed by atoms with Gasteiger partial charge in [0.05, 0.1) is 22.6 Å². The predicted octanol–water partition coefficient (Wildman–Crippen LogP) is 4.61. The molecule has 2 aromatic heterocycles. The summed E-state index contributed by atoms with van der Waals surface area (Å²) in [7, 11) is 0. The number of carbonyl (C=O) groups is 1. The highest BCUT2D eigenvalue weighted by molar-refractivity contribution is 6.30. The molecule has 0 saturated heterocycles. The van der Waals surface area contributed by atoms with Crippen molar-refractivity contribution in [3.63, 3.8) is 0 Å². The Hall–Kier alpha value is -2.66. The molecule has 0 unspecified atom stereocenters. The number of halogens is 1. The summed E-state index contributed by atoms with van der Waals surface area (Å²) < 4.78 is 1.85. The summed E-state index contributed by atoms with van der Waals surface area (Å²) in [5, 5.41) is 8.46. The largest absolute Gasteiger partial charge is 0.348 e. The SMILES string of the molecule is CCc1c(C(=O)NCc2cccnc2)c(CC(C)C)nn1-c1cccc(Cl)c1. The van der Waals surface area contributed by atoms with E-state index in [4.69, 9.17) is 16.7 Å². The molecule has 0 aliphatic rings. The molecule has 6 heteroatoms. The van der Waals surface area contributed by atoms with E-state index in [0.29, 0.717) is 29.5 Å². The number of rotatable bonds is 7. The van der Waals surface area contributed by atoms with E-state index in [1.165, 1.54) is 0 Å². The lowest BCUT2D eigenvalue weighted by Crippen LogP contribution is -2.25. The van der Waals surface area contributed by atoms with Crippen molar-refractivity contribution in [3.8, 4) is 5.69 Å². The zero-order chi connectivity index (χ0) is 20.1. The molecule has 0 spiro atoms. The molecule has 1 aromatic carbocycles. The maximum absolute atomic E-state index is 13.1. The first-order chi connectivity index (χ1) is 13.5. The zero-order valence-corrected chi connectivity index (χ0v) is 17.2. The molecule has 0 aliphatic heterocycles. The van der Waals surface area contributed by atoms with Gasteiger partial charge in [-0.25, -0.2) is 4.68 Å². The highest BCUT2D eigenvalue weighted by Crippen LogP contribution is 2.24. The number of hydrogen-bond donors (Lipinski definition) is 1. The fourth-order valence-corrected chi connectivity index (χ4v) is 3.40. The Morgan fingerprint density at radius 3 is 2.71 bits per heavy atom. The third kappa shape index (κ3) is 4.60. The topological polar surface area (TPSA) is 59.8 Å². The summed E-state index contributed by atoms with van der Waals surface area (Å²) in [5.74, 6) is 0.280. The number of nitrogens with zero attached hydrogens (tertiary/aromatic N) is 3. The quantitative estimate of drug-likeness (QED) is 0.634. The molecule has 3 rings (SSSR count). The van der Waals surface area contributed by atoms with Crippen LogP contribution in [0, 0.1) is 5.92 Å². The second-order valence-electron chi connectivity index (χ2n) is 7.16. The van der Waals surface area contributed by atoms with Crippen molar-refractivity contribution < 1.29 is 4.79 Å². The van der Waals surface area contributed by atoms with Crippen LogP contribution in [0.5, 0.6) is 0 Å². The van der Waals surface area contributed by atoms with E-state index in [0.717, 1.165) is 29.1 Å². The molecule has 2 heterocycles. The molecule has 5 nitrogen and oxygen atoms in total. The van der Waals surface area contributed by atoms with Crippen LogP contribution in [0.4, 0.5) is 0 Å². The molecule has 146 valence electrons. The number of pyridine rings is 1. The van der Waals surface area contributed by atoms with Gasteiger partial charge in [0.15, 0.2) is 0 Å². The van der Waals surface area contributed by atoms with Gasteiger partial charge in [-0.2, -0.15) is 5.10 Å². The number of nitrogens with one attached hydrogen (secondary N) is 1. The van der Waals surface area contributed by atoms with Crippen LogP contribution in [0.1, 0.15) is 48.1 Å². The normalized spacial score (nSPS) is 11.0. The van der Waals surface area contributed by atoms with E-state index in [1.807, 2.05) is 48.0 Å². The number of aromatic nitrogens is 3. The lowest BCUT2D eigenvalue weighted by molar-refractivity contribution is 0.0949. The van der Waals surface area contributed by atoms with Crippen molar-refractivity contribution in [1.29, 1.82) is 0 Å². The van der Waals surface area contributed by atoms with E-state index >= 15 is 0 Å². The monoisotopic (exact) mass is 396 g/mol. The Balaban J connectivity index is 1.98. The summed E-state index contributed by atoms with van der Waals surface area (Å²) >= 11 is 6.17. The molecule has 0 atom stereocenters. The third-order valence-electron chi connectivity index (χ3n) is 4.45. The lowest BCUT2D eigenvalue weighted by Gasteiger charge is -2.10. The first-order valence-electron chi connectivity index (χ1n) is 9.53. The minimum atomic E-state index is -0.107. The highest BCUT2D eigenvalue weighted by atomic mass is 35.5. The van der Waals surface area contributed by atoms with Crippen LogP contribution in [0.3, 0.4) is 0 Å². The Kier molecular flexibility index (Phi) is 6.47. The van der Waals surface area contributed by atoms with Crippen LogP contribution in [0.25, 0.3) is 5.69 Å². The standard InChI is InChI=1S/C22H25ClN4O/c1-4-20-21(22(28)25-14-16-7-6-10-24-13-16)19(11-15(2)3)26-27(20)18-9-5-8-17(23)12-18/h5-10,12-13,15H,4,11,14H2,1-3H3,(H,25,28). The Bertz CT molecular complexity index is 950. The summed E-state index contributed by atoms with van der Waals surface area (Å²) in [6.45, 7) is 6.72. The van der Waals surface area contributed by atoms with Gasteiger partial charge in [0, 0.05) is 24.0 Å². The molecule has 0 radical (unpaired) electrons. The predicted molar refractivity (Wildman–Crippen MR) is 112 cm³/mol. The lowest BCUT2D eigenvalue weighted by atomic mass is 10.0. The Morgan fingerprint density at radius 1 is 1.25 bits per heavy atom. The van der Waals surface area contributed by atoms with Crippen LogP contribution >= 0.6 is 11.6 Å². The van der Waals surface area contributed by atoms with E-state index < -0.39 is 0 Å². The minimum Gasteiger partial charge on any atom is -0.348 e. The second-order valence-corrected chi connectivity index (χ2v) is 7.59. The van der Waals surface area contributed by atoms with Crippen LogP contribution in [0.15, 0.2) is 48.8 Å². The molecule has 0 saturated carbocycles. The molecule has 0 bridgehead atoms. The van der Waals surface area contributed by atoms with Crippen molar-refractivity contribution in [3.05, 3.63) is 76.3 Å². The molecular weight excluding hydrogens is 372 g/mol. The summed E-state index contributed by atoms with van der Waals surface area (Å²) in [4.78, 5) is 17.2. The van der Waals surface area contributed by atoms with E-state index in [1.54, 1.807) is 12.4 Å². The summed E-state index contributed by atoms with van der Waals surface area (Å²) in [6, 6.07) is 11.3. The maximum atomic E-state index is 13.1. The molecular formula is C22H25ClN4O. The zero-order valence-electron chi connectivity index (χ0n) is 16.4. The van der Waals surface area contributed by atoms with Crippen molar-refractivity contribution in [2.75, 3.05) is 0 Å². The van der Waals surface area contributed by atoms with Crippen LogP contribution in [-0.4, -0.2) is 20.7 Å². The van der Waals surface area contributed by atoms with Crippen molar-refractivity contribution >= 4 is 17.5 Å². The number of hydrogen-bond acceptors (Lipinski definition) is 3. The summed E-state index contributed by atoms with van der Waals surface area (Å²) in [5.41, 5.74) is 4.19. The Morgan fingerprint density at radius 2 is 2.07 bits per heavy atom. The number of amides is 1. The van der Waals surface area contributed by atoms with Gasteiger partial charge in [-0.15, -0.1) is 0 Å². The molecule has 28 heavy (non-hydrogen) atoms. The van der Waals surface area contributed by atoms with Gasteiger partial charge >= 0.3 is 0 Å². The van der Waals surface area contributed by atoms with Crippen LogP contribution < -0.4 is 5.32 Å². The van der Waals surface area contributed by atoms with Crippen molar-refractivity contribution in [1.82, 2.24) is 20.1 Å². The van der Waals surface area contributed by atoms with Gasteiger partial charge in [0.25, 0.3) is 5.91 Å². The van der Waals surface area contributed by atoms with Gasteiger partial charge in [0.1, 0.15) is 0 Å². The van der Waals surface area contributed by atoms with Crippen LogP contribution in [-0.2, 0) is 19.4 Å². The second kappa shape index (κ2) is 9.02. The van der Waals surface area contributed by atoms with Gasteiger partial charge in [-0.3, -0.25) is 9.78 Å². The van der Waals surface area contributed by atoms with E-state index in [9.17, 15) is 4.79 Å². The highest BCUT2D eigenvalue weighted by Gasteiger charge is 2.24. The first-order valence-corrected chi connectivity index (χ1v) is 9.91. The molecule has 1 N–H and O–H groups in total. The molecule has 1 amide bonds. The molecule has 0 fully saturated rings. The first kappa shape index (κ1) is 20.1. The third-order valence-corrected chi connectivity index (χ3v) is 4.68. The fraction of sp³-hybridized carbons (Fsp3) is 0.318. The van der Waals surface area contributed by atoms with Crippen LogP contribution in [0.2, 0.25) is 5.02 Å². The maximum Gasteiger partial charge on any atom is 0.255 e. The van der Waals surface area contributed by atoms with Gasteiger partial charge < -0.3 is 5.32 Å². The molecule has 0 aliphatic carbocycles. The minimum absolute atomic E-state index is 0.107. The fourth-order valence-electron chi connectivity index (χ4n) is 3.22. The van der Waals surface area contributed by atoms with Crippen molar-refractivity contribution in [2.24, 2.45) is 5.92 Å². The number of carbonyl (C=O) groups excluding carboxylic acids is 1. The van der Waals surface area contributed by atoms with Gasteiger partial charge in [-0.05, 0) is 48.6 Å². The van der Waals surface area contributed by atoms with Gasteiger partial charge in [0.2, 0.25) is 0 Å². The average Bonchev–Trinajstić information content (AvgIpc) is 3.04. The number of benzene rings is 1. The smallest absolute Gasteiger partial charge is 0.255 e.